The second kappa shape index (κ2) is 12.8. The molecule has 1 N–H and O–H groups in total. The van der Waals surface area contributed by atoms with Crippen molar-refractivity contribution in [2.45, 2.75) is 46.6 Å². The lowest BCUT2D eigenvalue weighted by Crippen LogP contribution is -2.29. The predicted molar refractivity (Wildman–Crippen MR) is 136 cm³/mol. The first kappa shape index (κ1) is 26.2. The molecule has 2 heterocycles. The van der Waals surface area contributed by atoms with Crippen molar-refractivity contribution in [3.63, 3.8) is 0 Å². The van der Waals surface area contributed by atoms with Gasteiger partial charge in [-0.25, -0.2) is 14.1 Å². The fourth-order valence-corrected chi connectivity index (χ4v) is 3.56. The summed E-state index contributed by atoms with van der Waals surface area (Å²) < 4.78 is 15.6. The minimum atomic E-state index is -0.327. The largest absolute Gasteiger partial charge is 0.344 e. The van der Waals surface area contributed by atoms with E-state index in [-0.39, 0.29) is 17.8 Å². The molecule has 2 aromatic heterocycles. The first-order chi connectivity index (χ1) is 15.9. The van der Waals surface area contributed by atoms with Crippen LogP contribution in [-0.2, 0) is 4.79 Å². The fraction of sp³-hybridized carbons (Fsp3) is 0.269. The Hall–Kier alpha value is -3.06. The van der Waals surface area contributed by atoms with Crippen LogP contribution in [0.25, 0.3) is 17.3 Å². The van der Waals surface area contributed by atoms with E-state index in [0.29, 0.717) is 33.5 Å². The second-order valence-corrected chi connectivity index (χ2v) is 8.08. The molecule has 174 valence electrons. The van der Waals surface area contributed by atoms with E-state index in [1.54, 1.807) is 42.1 Å². The first-order valence-corrected chi connectivity index (χ1v) is 11.8. The third kappa shape index (κ3) is 6.71. The topological polar surface area (TPSA) is 59.8 Å². The summed E-state index contributed by atoms with van der Waals surface area (Å²) in [4.78, 5) is 17.6. The molecule has 1 atom stereocenters. The number of carbonyl (C=O) groups excluding carboxylic acids is 1. The van der Waals surface area contributed by atoms with E-state index in [1.165, 1.54) is 18.6 Å². The highest BCUT2D eigenvalue weighted by atomic mass is 79.9. The number of nitrogens with one attached hydrogen (secondary N) is 1. The molecule has 5 nitrogen and oxygen atoms in total. The molecule has 33 heavy (non-hydrogen) atoms. The maximum atomic E-state index is 13.3. The van der Waals surface area contributed by atoms with Crippen LogP contribution in [0.15, 0.2) is 65.9 Å². The molecule has 1 aromatic carbocycles. The normalized spacial score (nSPS) is 11.9. The van der Waals surface area contributed by atoms with Crippen LogP contribution in [0.1, 0.15) is 63.5 Å². The molecule has 1 amide bonds. The molecular formula is C26H30BrFN4O. The predicted octanol–water partition coefficient (Wildman–Crippen LogP) is 6.90. The van der Waals surface area contributed by atoms with E-state index in [9.17, 15) is 9.18 Å². The molecule has 0 saturated carbocycles. The van der Waals surface area contributed by atoms with E-state index in [4.69, 9.17) is 0 Å². The van der Waals surface area contributed by atoms with Gasteiger partial charge < -0.3 is 5.32 Å². The van der Waals surface area contributed by atoms with Crippen molar-refractivity contribution in [3.05, 3.63) is 88.7 Å². The summed E-state index contributed by atoms with van der Waals surface area (Å²) >= 11 is 3.37. The smallest absolute Gasteiger partial charge is 0.252 e. The molecule has 0 spiro atoms. The number of rotatable bonds is 7. The highest BCUT2D eigenvalue weighted by molar-refractivity contribution is 9.10. The van der Waals surface area contributed by atoms with Crippen LogP contribution in [0.4, 0.5) is 4.39 Å². The van der Waals surface area contributed by atoms with Gasteiger partial charge in [-0.05, 0) is 71.7 Å². The number of pyridine rings is 1. The molecule has 3 aromatic rings. The molecule has 0 aliphatic rings. The highest BCUT2D eigenvalue weighted by Gasteiger charge is 2.22. The molecule has 7 heteroatoms. The summed E-state index contributed by atoms with van der Waals surface area (Å²) in [5.74, 6) is -0.556. The van der Waals surface area contributed by atoms with Crippen molar-refractivity contribution in [1.29, 1.82) is 0 Å². The Morgan fingerprint density at radius 2 is 1.88 bits per heavy atom. The van der Waals surface area contributed by atoms with Crippen molar-refractivity contribution in [2.75, 3.05) is 0 Å². The monoisotopic (exact) mass is 512 g/mol. The van der Waals surface area contributed by atoms with E-state index >= 15 is 0 Å². The number of amides is 1. The van der Waals surface area contributed by atoms with E-state index < -0.39 is 0 Å². The van der Waals surface area contributed by atoms with Gasteiger partial charge in [0.05, 0.1) is 29.3 Å². The molecule has 0 bridgehead atoms. The van der Waals surface area contributed by atoms with Gasteiger partial charge in [-0.1, -0.05) is 45.9 Å². The number of aromatic nitrogens is 3. The van der Waals surface area contributed by atoms with Crippen LogP contribution in [0.2, 0.25) is 0 Å². The van der Waals surface area contributed by atoms with Gasteiger partial charge in [0.25, 0.3) is 5.91 Å². The maximum Gasteiger partial charge on any atom is 0.252 e. The quantitative estimate of drug-likeness (QED) is 0.276. The first-order valence-electron chi connectivity index (χ1n) is 11.0. The third-order valence-corrected chi connectivity index (χ3v) is 5.14. The van der Waals surface area contributed by atoms with Gasteiger partial charge >= 0.3 is 0 Å². The molecule has 0 radical (unpaired) electrons. The maximum absolute atomic E-state index is 13.3. The highest BCUT2D eigenvalue weighted by Crippen LogP contribution is 2.25. The lowest BCUT2D eigenvalue weighted by Gasteiger charge is -2.18. The Morgan fingerprint density at radius 1 is 1.21 bits per heavy atom. The summed E-state index contributed by atoms with van der Waals surface area (Å²) in [6, 6.07) is 11.4. The molecular weight excluding hydrogens is 483 g/mol. The Bertz CT molecular complexity index is 1110. The molecule has 1 unspecified atom stereocenters. The van der Waals surface area contributed by atoms with E-state index in [1.807, 2.05) is 25.1 Å². The van der Waals surface area contributed by atoms with Crippen LogP contribution in [0, 0.1) is 5.82 Å². The summed E-state index contributed by atoms with van der Waals surface area (Å²) in [7, 11) is 0. The SMILES string of the molecule is C=Cc1c(/C(=C\C)C(=O)NC(CC)c2cccc(Br)n2)cnn1-c1ccc(F)cc1.CCC. The third-order valence-electron chi connectivity index (χ3n) is 4.70. The van der Waals surface area contributed by atoms with Crippen molar-refractivity contribution in [1.82, 2.24) is 20.1 Å². The average molecular weight is 513 g/mol. The van der Waals surface area contributed by atoms with Crippen LogP contribution in [-0.4, -0.2) is 20.7 Å². The van der Waals surface area contributed by atoms with Crippen molar-refractivity contribution < 1.29 is 9.18 Å². The van der Waals surface area contributed by atoms with Crippen molar-refractivity contribution in [2.24, 2.45) is 0 Å². The number of halogens is 2. The summed E-state index contributed by atoms with van der Waals surface area (Å²) in [5.41, 5.74) is 3.23. The second-order valence-electron chi connectivity index (χ2n) is 7.26. The Morgan fingerprint density at radius 3 is 2.42 bits per heavy atom. The lowest BCUT2D eigenvalue weighted by atomic mass is 10.0. The number of carbonyl (C=O) groups is 1. The average Bonchev–Trinajstić information content (AvgIpc) is 3.22. The fourth-order valence-electron chi connectivity index (χ4n) is 3.20. The summed E-state index contributed by atoms with van der Waals surface area (Å²) in [5, 5.41) is 7.45. The zero-order chi connectivity index (χ0) is 24.4. The number of nitrogens with zero attached hydrogens (tertiary/aromatic N) is 3. The van der Waals surface area contributed by atoms with Crippen molar-refractivity contribution in [3.8, 4) is 5.69 Å². The molecule has 0 aliphatic carbocycles. The molecule has 0 fully saturated rings. The Kier molecular flexibility index (Phi) is 10.2. The standard InChI is InChI=1S/C23H22BrFN4O.C3H8/c1-4-17(23(30)28-19(5-2)20-8-7-9-22(24)27-20)18-14-26-29(21(18)6-3)16-12-10-15(25)11-13-16;1-3-2/h4,6-14,19H,3,5H2,1-2H3,(H,28,30);3H2,1-2H3/b17-4+;. The van der Waals surface area contributed by atoms with Crippen LogP contribution >= 0.6 is 15.9 Å². The van der Waals surface area contributed by atoms with E-state index in [2.05, 4.69) is 51.8 Å². The summed E-state index contributed by atoms with van der Waals surface area (Å²) in [6.45, 7) is 11.9. The van der Waals surface area contributed by atoms with E-state index in [0.717, 1.165) is 5.69 Å². The lowest BCUT2D eigenvalue weighted by molar-refractivity contribution is -0.116. The Balaban J connectivity index is 0.00000122. The van der Waals surface area contributed by atoms with Gasteiger partial charge in [-0.15, -0.1) is 0 Å². The minimum absolute atomic E-state index is 0.229. The van der Waals surface area contributed by atoms with Gasteiger partial charge in [-0.2, -0.15) is 5.10 Å². The van der Waals surface area contributed by atoms with Crippen LogP contribution in [0.5, 0.6) is 0 Å². The van der Waals surface area contributed by atoms with Gasteiger partial charge in [0.2, 0.25) is 0 Å². The number of allylic oxidation sites excluding steroid dienone is 1. The van der Waals surface area contributed by atoms with Gasteiger partial charge in [0.1, 0.15) is 10.4 Å². The number of benzene rings is 1. The van der Waals surface area contributed by atoms with Gasteiger partial charge in [0.15, 0.2) is 0 Å². The Labute approximate surface area is 203 Å². The van der Waals surface area contributed by atoms with Crippen LogP contribution in [0.3, 0.4) is 0 Å². The van der Waals surface area contributed by atoms with Gasteiger partial charge in [-0.3, -0.25) is 4.79 Å². The number of hydrogen-bond acceptors (Lipinski definition) is 3. The molecule has 0 aliphatic heterocycles. The summed E-state index contributed by atoms with van der Waals surface area (Å²) in [6.07, 6.45) is 6.94. The number of hydrogen-bond donors (Lipinski definition) is 1. The minimum Gasteiger partial charge on any atom is -0.344 e. The molecule has 3 rings (SSSR count). The van der Waals surface area contributed by atoms with Gasteiger partial charge in [0, 0.05) is 11.1 Å². The molecule has 0 saturated heterocycles. The zero-order valence-corrected chi connectivity index (χ0v) is 21.1. The van der Waals surface area contributed by atoms with Crippen LogP contribution < -0.4 is 5.32 Å². The van der Waals surface area contributed by atoms with Crippen molar-refractivity contribution >= 4 is 33.5 Å². The zero-order valence-electron chi connectivity index (χ0n) is 19.5.